The van der Waals surface area contributed by atoms with E-state index < -0.39 is 0 Å². The van der Waals surface area contributed by atoms with E-state index in [9.17, 15) is 0 Å². The molecule has 2 nitrogen and oxygen atoms in total. The van der Waals surface area contributed by atoms with Crippen LogP contribution < -0.4 is 5.32 Å². The number of nitrogens with one attached hydrogen (secondary N) is 1. The van der Waals surface area contributed by atoms with E-state index in [0.717, 1.165) is 41.7 Å². The SMILES string of the molecule is COCCNCC(Cc1c(Cl)cccc1Cl)C(C)(C)C. The van der Waals surface area contributed by atoms with Gasteiger partial charge in [-0.25, -0.2) is 0 Å². The van der Waals surface area contributed by atoms with Gasteiger partial charge in [-0.15, -0.1) is 0 Å². The van der Waals surface area contributed by atoms with Crippen molar-refractivity contribution in [3.8, 4) is 0 Å². The van der Waals surface area contributed by atoms with Crippen LogP contribution >= 0.6 is 23.2 Å². The summed E-state index contributed by atoms with van der Waals surface area (Å²) in [7, 11) is 1.71. The maximum absolute atomic E-state index is 6.28. The van der Waals surface area contributed by atoms with Crippen molar-refractivity contribution in [1.82, 2.24) is 5.32 Å². The summed E-state index contributed by atoms with van der Waals surface area (Å²) in [5.41, 5.74) is 1.23. The van der Waals surface area contributed by atoms with E-state index in [1.807, 2.05) is 18.2 Å². The van der Waals surface area contributed by atoms with Crippen molar-refractivity contribution < 1.29 is 4.74 Å². The van der Waals surface area contributed by atoms with Gasteiger partial charge in [0.25, 0.3) is 0 Å². The lowest BCUT2D eigenvalue weighted by molar-refractivity contribution is 0.186. The molecule has 114 valence electrons. The second-order valence-electron chi connectivity index (χ2n) is 6.16. The Labute approximate surface area is 132 Å². The first-order valence-electron chi connectivity index (χ1n) is 6.98. The number of benzene rings is 1. The van der Waals surface area contributed by atoms with E-state index in [-0.39, 0.29) is 5.41 Å². The number of rotatable bonds is 7. The lowest BCUT2D eigenvalue weighted by atomic mass is 9.77. The third kappa shape index (κ3) is 5.61. The molecule has 1 atom stereocenters. The topological polar surface area (TPSA) is 21.3 Å². The van der Waals surface area contributed by atoms with E-state index in [0.29, 0.717) is 5.92 Å². The zero-order chi connectivity index (χ0) is 15.2. The molecule has 1 rings (SSSR count). The van der Waals surface area contributed by atoms with Gasteiger partial charge in [0.2, 0.25) is 0 Å². The summed E-state index contributed by atoms with van der Waals surface area (Å²) in [6, 6.07) is 5.69. The maximum Gasteiger partial charge on any atom is 0.0587 e. The van der Waals surface area contributed by atoms with Gasteiger partial charge < -0.3 is 10.1 Å². The van der Waals surface area contributed by atoms with Crippen molar-refractivity contribution >= 4 is 23.2 Å². The molecule has 1 N–H and O–H groups in total. The largest absolute Gasteiger partial charge is 0.383 e. The highest BCUT2D eigenvalue weighted by molar-refractivity contribution is 6.35. The first-order chi connectivity index (χ1) is 9.36. The molecule has 1 unspecified atom stereocenters. The molecule has 0 heterocycles. The summed E-state index contributed by atoms with van der Waals surface area (Å²) in [5.74, 6) is 0.455. The van der Waals surface area contributed by atoms with Crippen LogP contribution in [0.2, 0.25) is 10.0 Å². The average Bonchev–Trinajstić information content (AvgIpc) is 2.35. The molecular weight excluding hydrogens is 293 g/mol. The Bertz CT molecular complexity index is 395. The highest BCUT2D eigenvalue weighted by Crippen LogP contribution is 2.33. The van der Waals surface area contributed by atoms with Crippen molar-refractivity contribution in [2.75, 3.05) is 26.8 Å². The zero-order valence-corrected chi connectivity index (χ0v) is 14.3. The molecule has 20 heavy (non-hydrogen) atoms. The number of hydrogen-bond acceptors (Lipinski definition) is 2. The number of halogens is 2. The van der Waals surface area contributed by atoms with E-state index in [4.69, 9.17) is 27.9 Å². The van der Waals surface area contributed by atoms with Gasteiger partial charge in [0, 0.05) is 23.7 Å². The van der Waals surface area contributed by atoms with E-state index in [1.54, 1.807) is 7.11 Å². The first-order valence-corrected chi connectivity index (χ1v) is 7.74. The number of ether oxygens (including phenoxy) is 1. The van der Waals surface area contributed by atoms with Crippen LogP contribution in [0.1, 0.15) is 26.3 Å². The van der Waals surface area contributed by atoms with Crippen LogP contribution in [0.3, 0.4) is 0 Å². The van der Waals surface area contributed by atoms with Gasteiger partial charge in [0.15, 0.2) is 0 Å². The van der Waals surface area contributed by atoms with Crippen molar-refractivity contribution in [3.05, 3.63) is 33.8 Å². The Balaban J connectivity index is 2.75. The lowest BCUT2D eigenvalue weighted by Crippen LogP contribution is -2.35. The Morgan fingerprint density at radius 1 is 1.20 bits per heavy atom. The van der Waals surface area contributed by atoms with Gasteiger partial charge >= 0.3 is 0 Å². The monoisotopic (exact) mass is 317 g/mol. The molecule has 0 aromatic heterocycles. The van der Waals surface area contributed by atoms with E-state index >= 15 is 0 Å². The van der Waals surface area contributed by atoms with Crippen molar-refractivity contribution in [3.63, 3.8) is 0 Å². The minimum absolute atomic E-state index is 0.183. The highest BCUT2D eigenvalue weighted by atomic mass is 35.5. The molecule has 0 aliphatic carbocycles. The first kappa shape index (κ1) is 17.8. The molecule has 0 spiro atoms. The molecular formula is C16H25Cl2NO. The summed E-state index contributed by atoms with van der Waals surface area (Å²) >= 11 is 12.6. The fraction of sp³-hybridized carbons (Fsp3) is 0.625. The Hall–Kier alpha value is -0.280. The Kier molecular flexibility index (Phi) is 7.32. The number of hydrogen-bond donors (Lipinski definition) is 1. The van der Waals surface area contributed by atoms with E-state index in [2.05, 4.69) is 26.1 Å². The van der Waals surface area contributed by atoms with Crippen LogP contribution in [0.25, 0.3) is 0 Å². The quantitative estimate of drug-likeness (QED) is 0.751. The molecule has 0 fully saturated rings. The van der Waals surface area contributed by atoms with Crippen molar-refractivity contribution in [1.29, 1.82) is 0 Å². The minimum atomic E-state index is 0.183. The third-order valence-electron chi connectivity index (χ3n) is 3.61. The summed E-state index contributed by atoms with van der Waals surface area (Å²) in [5, 5.41) is 4.95. The summed E-state index contributed by atoms with van der Waals surface area (Å²) in [6.07, 6.45) is 0.877. The van der Waals surface area contributed by atoms with Crippen LogP contribution in [-0.2, 0) is 11.2 Å². The standard InChI is InChI=1S/C16H25Cl2NO/c1-16(2,3)12(11-19-8-9-20-4)10-13-14(17)6-5-7-15(13)18/h5-7,12,19H,8-11H2,1-4H3. The van der Waals surface area contributed by atoms with Crippen LogP contribution in [-0.4, -0.2) is 26.8 Å². The van der Waals surface area contributed by atoms with Gasteiger partial charge in [-0.2, -0.15) is 0 Å². The summed E-state index contributed by atoms with van der Waals surface area (Å²) in [6.45, 7) is 9.26. The van der Waals surface area contributed by atoms with Gasteiger partial charge in [-0.3, -0.25) is 0 Å². The van der Waals surface area contributed by atoms with Crippen LogP contribution in [0.4, 0.5) is 0 Å². The molecule has 4 heteroatoms. The predicted molar refractivity (Wildman–Crippen MR) is 87.9 cm³/mol. The van der Waals surface area contributed by atoms with Crippen LogP contribution in [0.15, 0.2) is 18.2 Å². The summed E-state index contributed by atoms with van der Waals surface area (Å²) in [4.78, 5) is 0. The smallest absolute Gasteiger partial charge is 0.0587 e. The molecule has 0 amide bonds. The second kappa shape index (κ2) is 8.23. The summed E-state index contributed by atoms with van der Waals surface area (Å²) < 4.78 is 5.06. The Morgan fingerprint density at radius 2 is 1.80 bits per heavy atom. The van der Waals surface area contributed by atoms with Crippen molar-refractivity contribution in [2.24, 2.45) is 11.3 Å². The van der Waals surface area contributed by atoms with E-state index in [1.165, 1.54) is 0 Å². The van der Waals surface area contributed by atoms with Crippen molar-refractivity contribution in [2.45, 2.75) is 27.2 Å². The predicted octanol–water partition coefficient (Wildman–Crippen LogP) is 4.43. The fourth-order valence-corrected chi connectivity index (χ4v) is 2.66. The molecule has 1 aromatic rings. The van der Waals surface area contributed by atoms with Gasteiger partial charge in [-0.05, 0) is 42.0 Å². The molecule has 1 aromatic carbocycles. The zero-order valence-electron chi connectivity index (χ0n) is 12.8. The highest BCUT2D eigenvalue weighted by Gasteiger charge is 2.26. The second-order valence-corrected chi connectivity index (χ2v) is 6.98. The average molecular weight is 318 g/mol. The minimum Gasteiger partial charge on any atom is -0.383 e. The molecule has 0 radical (unpaired) electrons. The van der Waals surface area contributed by atoms with Crippen LogP contribution in [0.5, 0.6) is 0 Å². The lowest BCUT2D eigenvalue weighted by Gasteiger charge is -2.31. The van der Waals surface area contributed by atoms with Crippen LogP contribution in [0, 0.1) is 11.3 Å². The third-order valence-corrected chi connectivity index (χ3v) is 4.32. The Morgan fingerprint density at radius 3 is 2.30 bits per heavy atom. The molecule has 0 aliphatic rings. The molecule has 0 saturated carbocycles. The maximum atomic E-state index is 6.28. The molecule has 0 aliphatic heterocycles. The van der Waals surface area contributed by atoms with Gasteiger partial charge in [0.05, 0.1) is 6.61 Å². The van der Waals surface area contributed by atoms with Gasteiger partial charge in [-0.1, -0.05) is 50.0 Å². The number of methoxy groups -OCH3 is 1. The molecule has 0 saturated heterocycles. The van der Waals surface area contributed by atoms with Gasteiger partial charge in [0.1, 0.15) is 0 Å². The fourth-order valence-electron chi connectivity index (χ4n) is 2.11. The molecule has 0 bridgehead atoms. The normalized spacial score (nSPS) is 13.5.